The van der Waals surface area contributed by atoms with Crippen molar-refractivity contribution in [3.05, 3.63) is 30.0 Å². The molecule has 3 atom stereocenters. The average molecular weight is 299 g/mol. The van der Waals surface area contributed by atoms with Gasteiger partial charge in [-0.25, -0.2) is 0 Å². The number of likely N-dealkylation sites (tertiary alicyclic amines) is 1. The number of para-hydroxylation sites is 1. The maximum Gasteiger partial charge on any atom is 0.211 e. The van der Waals surface area contributed by atoms with Gasteiger partial charge in [0.25, 0.3) is 0 Å². The van der Waals surface area contributed by atoms with Crippen molar-refractivity contribution in [1.82, 2.24) is 9.88 Å². The van der Waals surface area contributed by atoms with Crippen LogP contribution in [0.25, 0.3) is 10.9 Å². The Morgan fingerprint density at radius 2 is 1.95 bits per heavy atom. The summed E-state index contributed by atoms with van der Waals surface area (Å²) in [6.07, 6.45) is 4.56. The van der Waals surface area contributed by atoms with Crippen LogP contribution in [0, 0.1) is 0 Å². The first-order valence-corrected chi connectivity index (χ1v) is 8.21. The van der Waals surface area contributed by atoms with Crippen LogP contribution in [-0.4, -0.2) is 28.4 Å². The van der Waals surface area contributed by atoms with Crippen molar-refractivity contribution in [2.24, 2.45) is 0 Å². The lowest BCUT2D eigenvalue weighted by atomic mass is 9.94. The third-order valence-electron chi connectivity index (χ3n) is 5.07. The lowest BCUT2D eigenvalue weighted by Crippen LogP contribution is -2.45. The lowest BCUT2D eigenvalue weighted by molar-refractivity contribution is -0.105. The quantitative estimate of drug-likeness (QED) is 0.836. The Morgan fingerprint density at radius 3 is 2.64 bits per heavy atom. The normalized spacial score (nSPS) is 24.3. The topological polar surface area (TPSA) is 48.1 Å². The van der Waals surface area contributed by atoms with Gasteiger partial charge in [0.2, 0.25) is 6.41 Å². The number of nitrogens with one attached hydrogen (secondary N) is 2. The second kappa shape index (κ2) is 6.13. The summed E-state index contributed by atoms with van der Waals surface area (Å²) in [7, 11) is 0. The van der Waals surface area contributed by atoms with Gasteiger partial charge >= 0.3 is 0 Å². The molecule has 0 aliphatic carbocycles. The van der Waals surface area contributed by atoms with Gasteiger partial charge in [-0.05, 0) is 39.7 Å². The van der Waals surface area contributed by atoms with Crippen molar-refractivity contribution < 1.29 is 4.79 Å². The maximum absolute atomic E-state index is 11.1. The zero-order valence-corrected chi connectivity index (χ0v) is 13.6. The van der Waals surface area contributed by atoms with Crippen LogP contribution in [-0.2, 0) is 4.79 Å². The number of piperidine rings is 1. The summed E-state index contributed by atoms with van der Waals surface area (Å²) < 4.78 is 0. The smallest absolute Gasteiger partial charge is 0.211 e. The van der Waals surface area contributed by atoms with E-state index in [1.807, 2.05) is 12.1 Å². The molecule has 1 fully saturated rings. The number of aromatic amines is 1. The zero-order valence-electron chi connectivity index (χ0n) is 13.6. The molecule has 4 nitrogen and oxygen atoms in total. The highest BCUT2D eigenvalue weighted by molar-refractivity contribution is 5.98. The second-order valence-corrected chi connectivity index (χ2v) is 6.47. The largest absolute Gasteiger partial charge is 0.355 e. The van der Waals surface area contributed by atoms with E-state index in [4.69, 9.17) is 0 Å². The first-order valence-electron chi connectivity index (χ1n) is 8.21. The number of hydrogen-bond acceptors (Lipinski definition) is 2. The molecule has 0 spiro atoms. The van der Waals surface area contributed by atoms with Gasteiger partial charge in [0.15, 0.2) is 0 Å². The van der Waals surface area contributed by atoms with E-state index in [2.05, 4.69) is 48.1 Å². The number of rotatable bonds is 4. The average Bonchev–Trinajstić information content (AvgIpc) is 2.86. The molecule has 2 aromatic rings. The third-order valence-corrected chi connectivity index (χ3v) is 5.07. The van der Waals surface area contributed by atoms with Crippen LogP contribution in [0.2, 0.25) is 0 Å². The summed E-state index contributed by atoms with van der Waals surface area (Å²) in [5, 5.41) is 3.99. The monoisotopic (exact) mass is 299 g/mol. The van der Waals surface area contributed by atoms with Crippen LogP contribution in [0.4, 0.5) is 5.69 Å². The number of benzene rings is 1. The number of aromatic nitrogens is 1. The van der Waals surface area contributed by atoms with Crippen molar-refractivity contribution in [2.45, 2.75) is 58.2 Å². The summed E-state index contributed by atoms with van der Waals surface area (Å²) in [6.45, 7) is 6.85. The molecule has 1 aromatic carbocycles. The Bertz CT molecular complexity index is 653. The fourth-order valence-corrected chi connectivity index (χ4v) is 4.04. The van der Waals surface area contributed by atoms with E-state index in [9.17, 15) is 4.79 Å². The second-order valence-electron chi connectivity index (χ2n) is 6.47. The standard InChI is InChI=1S/C18H25N3O/c1-12-7-6-8-13(2)21(12)14(3)17-18(19-11-22)15-9-4-5-10-16(15)20-17/h4-5,9-14,20H,6-8H2,1-3H3,(H,19,22). The fraction of sp³-hybridized carbons (Fsp3) is 0.500. The highest BCUT2D eigenvalue weighted by atomic mass is 16.1. The van der Waals surface area contributed by atoms with Gasteiger partial charge < -0.3 is 10.3 Å². The van der Waals surface area contributed by atoms with E-state index in [1.165, 1.54) is 19.3 Å². The Labute approximate surface area is 131 Å². The van der Waals surface area contributed by atoms with E-state index in [0.29, 0.717) is 12.1 Å². The van der Waals surface area contributed by atoms with Gasteiger partial charge in [-0.15, -0.1) is 0 Å². The predicted molar refractivity (Wildman–Crippen MR) is 91.0 cm³/mol. The Balaban J connectivity index is 2.04. The van der Waals surface area contributed by atoms with Crippen LogP contribution in [0.3, 0.4) is 0 Å². The van der Waals surface area contributed by atoms with Gasteiger partial charge in [0.05, 0.1) is 11.4 Å². The molecule has 0 radical (unpaired) electrons. The molecule has 3 rings (SSSR count). The van der Waals surface area contributed by atoms with Gasteiger partial charge in [-0.3, -0.25) is 9.69 Å². The van der Waals surface area contributed by atoms with Crippen LogP contribution in [0.5, 0.6) is 0 Å². The van der Waals surface area contributed by atoms with E-state index < -0.39 is 0 Å². The molecule has 118 valence electrons. The van der Waals surface area contributed by atoms with Crippen molar-refractivity contribution in [1.29, 1.82) is 0 Å². The Kier molecular flexibility index (Phi) is 4.21. The summed E-state index contributed by atoms with van der Waals surface area (Å²) in [5.41, 5.74) is 3.10. The van der Waals surface area contributed by atoms with E-state index in [1.54, 1.807) is 0 Å². The Morgan fingerprint density at radius 1 is 1.27 bits per heavy atom. The molecule has 22 heavy (non-hydrogen) atoms. The van der Waals surface area contributed by atoms with Crippen molar-refractivity contribution in [3.63, 3.8) is 0 Å². The number of amides is 1. The van der Waals surface area contributed by atoms with Crippen LogP contribution < -0.4 is 5.32 Å². The molecular weight excluding hydrogens is 274 g/mol. The number of hydrogen-bond donors (Lipinski definition) is 2. The SMILES string of the molecule is CC1CCCC(C)N1C(C)c1[nH]c2ccccc2c1NC=O. The van der Waals surface area contributed by atoms with E-state index >= 15 is 0 Å². The molecule has 1 aliphatic rings. The number of carbonyl (C=O) groups excluding carboxylic acids is 1. The summed E-state index contributed by atoms with van der Waals surface area (Å²) in [5.74, 6) is 0. The molecule has 3 unspecified atom stereocenters. The minimum absolute atomic E-state index is 0.250. The van der Waals surface area contributed by atoms with Crippen LogP contribution in [0.15, 0.2) is 24.3 Å². The number of fused-ring (bicyclic) bond motifs is 1. The minimum atomic E-state index is 0.250. The van der Waals surface area contributed by atoms with E-state index in [0.717, 1.165) is 28.7 Å². The zero-order chi connectivity index (χ0) is 15.7. The Hall–Kier alpha value is -1.81. The lowest BCUT2D eigenvalue weighted by Gasteiger charge is -2.43. The van der Waals surface area contributed by atoms with Crippen molar-refractivity contribution in [3.8, 4) is 0 Å². The summed E-state index contributed by atoms with van der Waals surface area (Å²) in [6, 6.07) is 9.52. The summed E-state index contributed by atoms with van der Waals surface area (Å²) >= 11 is 0. The van der Waals surface area contributed by atoms with Crippen LogP contribution in [0.1, 0.15) is 51.8 Å². The van der Waals surface area contributed by atoms with Gasteiger partial charge in [-0.2, -0.15) is 0 Å². The highest BCUT2D eigenvalue weighted by Crippen LogP contribution is 2.38. The van der Waals surface area contributed by atoms with Crippen LogP contribution >= 0.6 is 0 Å². The van der Waals surface area contributed by atoms with Gasteiger partial charge in [0, 0.05) is 29.0 Å². The third kappa shape index (κ3) is 2.52. The molecule has 4 heteroatoms. The minimum Gasteiger partial charge on any atom is -0.355 e. The molecule has 1 amide bonds. The molecule has 0 saturated carbocycles. The van der Waals surface area contributed by atoms with Crippen molar-refractivity contribution >= 4 is 23.0 Å². The van der Waals surface area contributed by atoms with E-state index in [-0.39, 0.29) is 6.04 Å². The van der Waals surface area contributed by atoms with Gasteiger partial charge in [0.1, 0.15) is 0 Å². The van der Waals surface area contributed by atoms with Gasteiger partial charge in [-0.1, -0.05) is 24.6 Å². The molecule has 2 N–H and O–H groups in total. The maximum atomic E-state index is 11.1. The number of carbonyl (C=O) groups is 1. The van der Waals surface area contributed by atoms with Crippen molar-refractivity contribution in [2.75, 3.05) is 5.32 Å². The molecule has 0 bridgehead atoms. The molecule has 1 saturated heterocycles. The predicted octanol–water partition coefficient (Wildman–Crippen LogP) is 4.06. The first-order chi connectivity index (χ1) is 10.6. The molecule has 1 aromatic heterocycles. The molecular formula is C18H25N3O. The molecule has 1 aliphatic heterocycles. The summed E-state index contributed by atoms with van der Waals surface area (Å²) in [4.78, 5) is 17.2. The highest BCUT2D eigenvalue weighted by Gasteiger charge is 2.31. The number of nitrogens with zero attached hydrogens (tertiary/aromatic N) is 1. The molecule has 2 heterocycles. The fourth-order valence-electron chi connectivity index (χ4n) is 4.04. The first kappa shape index (κ1) is 15.1. The number of H-pyrrole nitrogens is 1. The number of anilines is 1.